The van der Waals surface area contributed by atoms with Crippen LogP contribution in [0.25, 0.3) is 0 Å². The van der Waals surface area contributed by atoms with Gasteiger partial charge >= 0.3 is 5.97 Å². The van der Waals surface area contributed by atoms with Crippen LogP contribution in [-0.4, -0.2) is 35.3 Å². The maximum atomic E-state index is 13.1. The molecule has 0 spiro atoms. The Kier molecular flexibility index (Phi) is 6.26. The molecule has 0 aliphatic carbocycles. The molecular formula is C25H23NO6. The van der Waals surface area contributed by atoms with E-state index < -0.39 is 5.97 Å². The molecule has 0 bridgehead atoms. The van der Waals surface area contributed by atoms with Crippen LogP contribution in [0.15, 0.2) is 66.7 Å². The van der Waals surface area contributed by atoms with Crippen LogP contribution in [0, 0.1) is 6.92 Å². The van der Waals surface area contributed by atoms with Crippen LogP contribution in [0.3, 0.4) is 0 Å². The lowest BCUT2D eigenvalue weighted by atomic mass is 10.1. The average Bonchev–Trinajstić information content (AvgIpc) is 3.25. The summed E-state index contributed by atoms with van der Waals surface area (Å²) in [6, 6.07) is 20.0. The van der Waals surface area contributed by atoms with Crippen molar-refractivity contribution in [1.29, 1.82) is 0 Å². The SMILES string of the molecule is Cc1ccc(C(=O)O)c(OCC(=O)N(Cc2ccccc2)Cc2ccc3c(c2)OCO3)c1. The van der Waals surface area contributed by atoms with Crippen LogP contribution in [-0.2, 0) is 17.9 Å². The van der Waals surface area contributed by atoms with Gasteiger partial charge in [-0.25, -0.2) is 4.79 Å². The molecule has 1 N–H and O–H groups in total. The second-order valence-corrected chi connectivity index (χ2v) is 7.52. The zero-order valence-corrected chi connectivity index (χ0v) is 17.6. The van der Waals surface area contributed by atoms with Gasteiger partial charge in [-0.1, -0.05) is 42.5 Å². The number of aromatic carboxylic acids is 1. The predicted octanol–water partition coefficient (Wildman–Crippen LogP) is 4.03. The number of hydrogen-bond donors (Lipinski definition) is 1. The van der Waals surface area contributed by atoms with E-state index in [4.69, 9.17) is 14.2 Å². The fourth-order valence-corrected chi connectivity index (χ4v) is 3.45. The van der Waals surface area contributed by atoms with E-state index in [1.165, 1.54) is 6.07 Å². The highest BCUT2D eigenvalue weighted by Crippen LogP contribution is 2.33. The van der Waals surface area contributed by atoms with Crippen LogP contribution in [0.5, 0.6) is 17.2 Å². The molecule has 1 amide bonds. The number of carboxylic acids is 1. The Bertz CT molecular complexity index is 1130. The molecule has 0 unspecified atom stereocenters. The smallest absolute Gasteiger partial charge is 0.339 e. The number of rotatable bonds is 8. The second kappa shape index (κ2) is 9.43. The highest BCUT2D eigenvalue weighted by molar-refractivity contribution is 5.91. The minimum absolute atomic E-state index is 0.0220. The molecule has 1 heterocycles. The number of carboxylic acid groups (broad SMARTS) is 1. The maximum absolute atomic E-state index is 13.1. The van der Waals surface area contributed by atoms with Crippen molar-refractivity contribution in [2.45, 2.75) is 20.0 Å². The third kappa shape index (κ3) is 5.00. The number of nitrogens with zero attached hydrogens (tertiary/aromatic N) is 1. The molecule has 164 valence electrons. The Hall–Kier alpha value is -4.00. The highest BCUT2D eigenvalue weighted by atomic mass is 16.7. The summed E-state index contributed by atoms with van der Waals surface area (Å²) < 4.78 is 16.5. The molecular weight excluding hydrogens is 410 g/mol. The van der Waals surface area contributed by atoms with Crippen LogP contribution in [0.1, 0.15) is 27.0 Å². The summed E-state index contributed by atoms with van der Waals surface area (Å²) in [4.78, 5) is 26.3. The number of benzene rings is 3. The molecule has 7 heteroatoms. The zero-order valence-electron chi connectivity index (χ0n) is 17.6. The molecule has 0 radical (unpaired) electrons. The van der Waals surface area contributed by atoms with Crippen molar-refractivity contribution in [3.05, 3.63) is 89.0 Å². The van der Waals surface area contributed by atoms with Crippen molar-refractivity contribution >= 4 is 11.9 Å². The zero-order chi connectivity index (χ0) is 22.5. The Balaban J connectivity index is 1.52. The van der Waals surface area contributed by atoms with E-state index in [0.717, 1.165) is 16.7 Å². The lowest BCUT2D eigenvalue weighted by Crippen LogP contribution is -2.34. The van der Waals surface area contributed by atoms with Crippen LogP contribution in [0.4, 0.5) is 0 Å². The summed E-state index contributed by atoms with van der Waals surface area (Å²) in [7, 11) is 0. The lowest BCUT2D eigenvalue weighted by molar-refractivity contribution is -0.134. The van der Waals surface area contributed by atoms with Gasteiger partial charge in [-0.05, 0) is 47.9 Å². The first-order chi connectivity index (χ1) is 15.5. The van der Waals surface area contributed by atoms with Gasteiger partial charge in [-0.3, -0.25) is 4.79 Å². The van der Waals surface area contributed by atoms with Gasteiger partial charge in [0.2, 0.25) is 6.79 Å². The first kappa shape index (κ1) is 21.2. The van der Waals surface area contributed by atoms with Gasteiger partial charge in [0.1, 0.15) is 11.3 Å². The fourth-order valence-electron chi connectivity index (χ4n) is 3.45. The fraction of sp³-hybridized carbons (Fsp3) is 0.200. The van der Waals surface area contributed by atoms with Crippen molar-refractivity contribution < 1.29 is 28.9 Å². The van der Waals surface area contributed by atoms with Crippen molar-refractivity contribution in [2.75, 3.05) is 13.4 Å². The number of amides is 1. The molecule has 0 fully saturated rings. The summed E-state index contributed by atoms with van der Waals surface area (Å²) in [5.41, 5.74) is 2.73. The predicted molar refractivity (Wildman–Crippen MR) is 117 cm³/mol. The molecule has 3 aromatic carbocycles. The van der Waals surface area contributed by atoms with Gasteiger partial charge in [0.25, 0.3) is 5.91 Å². The number of carbonyl (C=O) groups is 2. The van der Waals surface area contributed by atoms with E-state index >= 15 is 0 Å². The van der Waals surface area contributed by atoms with Crippen molar-refractivity contribution in [2.24, 2.45) is 0 Å². The average molecular weight is 433 g/mol. The minimum Gasteiger partial charge on any atom is -0.483 e. The highest BCUT2D eigenvalue weighted by Gasteiger charge is 2.20. The normalized spacial score (nSPS) is 11.8. The van der Waals surface area contributed by atoms with Gasteiger partial charge in [0.05, 0.1) is 0 Å². The van der Waals surface area contributed by atoms with Gasteiger partial charge in [0.15, 0.2) is 18.1 Å². The van der Waals surface area contributed by atoms with Crippen molar-refractivity contribution in [1.82, 2.24) is 4.90 Å². The van der Waals surface area contributed by atoms with Crippen molar-refractivity contribution in [3.8, 4) is 17.2 Å². The van der Waals surface area contributed by atoms with Gasteiger partial charge < -0.3 is 24.2 Å². The van der Waals surface area contributed by atoms with Gasteiger partial charge in [0, 0.05) is 13.1 Å². The molecule has 0 aromatic heterocycles. The quantitative estimate of drug-likeness (QED) is 0.577. The Morgan fingerprint density at radius 2 is 1.69 bits per heavy atom. The van der Waals surface area contributed by atoms with E-state index in [0.29, 0.717) is 24.6 Å². The van der Waals surface area contributed by atoms with E-state index in [1.54, 1.807) is 17.0 Å². The maximum Gasteiger partial charge on any atom is 0.339 e. The van der Waals surface area contributed by atoms with Crippen LogP contribution >= 0.6 is 0 Å². The molecule has 0 saturated carbocycles. The third-order valence-corrected chi connectivity index (χ3v) is 5.10. The number of carbonyl (C=O) groups excluding carboxylic acids is 1. The van der Waals surface area contributed by atoms with Crippen LogP contribution in [0.2, 0.25) is 0 Å². The second-order valence-electron chi connectivity index (χ2n) is 7.52. The van der Waals surface area contributed by atoms with E-state index in [2.05, 4.69) is 0 Å². The first-order valence-electron chi connectivity index (χ1n) is 10.2. The number of ether oxygens (including phenoxy) is 3. The Morgan fingerprint density at radius 3 is 2.47 bits per heavy atom. The molecule has 7 nitrogen and oxygen atoms in total. The van der Waals surface area contributed by atoms with E-state index in [-0.39, 0.29) is 30.6 Å². The summed E-state index contributed by atoms with van der Waals surface area (Å²) in [5.74, 6) is 0.141. The third-order valence-electron chi connectivity index (χ3n) is 5.10. The molecule has 1 aliphatic heterocycles. The summed E-state index contributed by atoms with van der Waals surface area (Å²) >= 11 is 0. The largest absolute Gasteiger partial charge is 0.483 e. The molecule has 3 aromatic rings. The van der Waals surface area contributed by atoms with Gasteiger partial charge in [-0.15, -0.1) is 0 Å². The lowest BCUT2D eigenvalue weighted by Gasteiger charge is -2.23. The summed E-state index contributed by atoms with van der Waals surface area (Å²) in [6.45, 7) is 2.47. The summed E-state index contributed by atoms with van der Waals surface area (Å²) in [5, 5.41) is 9.40. The van der Waals surface area contributed by atoms with Crippen molar-refractivity contribution in [3.63, 3.8) is 0 Å². The molecule has 4 rings (SSSR count). The number of fused-ring (bicyclic) bond motifs is 1. The monoisotopic (exact) mass is 433 g/mol. The Labute approximate surface area is 185 Å². The van der Waals surface area contributed by atoms with Crippen LogP contribution < -0.4 is 14.2 Å². The van der Waals surface area contributed by atoms with Gasteiger partial charge in [-0.2, -0.15) is 0 Å². The molecule has 0 atom stereocenters. The topological polar surface area (TPSA) is 85.3 Å². The Morgan fingerprint density at radius 1 is 0.938 bits per heavy atom. The standard InChI is InChI=1S/C25H23NO6/c1-17-7-9-20(25(28)29)22(11-17)30-15-24(27)26(13-18-5-3-2-4-6-18)14-19-8-10-21-23(12-19)32-16-31-21/h2-12H,13-16H2,1H3,(H,28,29). The molecule has 1 aliphatic rings. The number of aryl methyl sites for hydroxylation is 1. The first-order valence-corrected chi connectivity index (χ1v) is 10.2. The minimum atomic E-state index is -1.10. The number of hydrogen-bond acceptors (Lipinski definition) is 5. The van der Waals surface area contributed by atoms with E-state index in [9.17, 15) is 14.7 Å². The van der Waals surface area contributed by atoms with E-state index in [1.807, 2.05) is 55.5 Å². The summed E-state index contributed by atoms with van der Waals surface area (Å²) in [6.07, 6.45) is 0. The molecule has 32 heavy (non-hydrogen) atoms. The molecule has 0 saturated heterocycles.